The molecule has 1 amide bonds. The molecule has 1 aromatic rings. The maximum absolute atomic E-state index is 13.4. The van der Waals surface area contributed by atoms with Crippen molar-refractivity contribution in [3.63, 3.8) is 0 Å². The summed E-state index contributed by atoms with van der Waals surface area (Å²) in [6.07, 6.45) is 2.43. The van der Waals surface area contributed by atoms with Crippen molar-refractivity contribution in [1.82, 2.24) is 9.96 Å². The Morgan fingerprint density at radius 3 is 2.67 bits per heavy atom. The van der Waals surface area contributed by atoms with Gasteiger partial charge < -0.3 is 9.64 Å². The zero-order valence-electron chi connectivity index (χ0n) is 16.3. The smallest absolute Gasteiger partial charge is 0.329 e. The van der Waals surface area contributed by atoms with Gasteiger partial charge in [0, 0.05) is 18.5 Å². The Balaban J connectivity index is 1.51. The molecule has 0 radical (unpaired) electrons. The van der Waals surface area contributed by atoms with E-state index in [1.165, 1.54) is 0 Å². The van der Waals surface area contributed by atoms with Crippen LogP contribution in [0.3, 0.4) is 0 Å². The summed E-state index contributed by atoms with van der Waals surface area (Å²) in [7, 11) is 0. The van der Waals surface area contributed by atoms with Gasteiger partial charge in [-0.3, -0.25) is 9.63 Å². The quantitative estimate of drug-likeness (QED) is 0.763. The molecule has 4 atom stereocenters. The molecule has 3 saturated heterocycles. The van der Waals surface area contributed by atoms with E-state index >= 15 is 0 Å². The number of hydrogen-bond acceptors (Lipinski definition) is 5. The van der Waals surface area contributed by atoms with Crippen molar-refractivity contribution in [3.8, 4) is 0 Å². The fourth-order valence-corrected chi connectivity index (χ4v) is 4.58. The SMILES string of the molecule is CC(C)(C)OC(=O)[C@H]1CC[C@@H]2C[C@@H]3CON(Cc4ccccc4)[C@@H]3C(=O)N21. The number of fused-ring (bicyclic) bond motifs is 2. The number of carbonyl (C=O) groups excluding carboxylic acids is 2. The van der Waals surface area contributed by atoms with Gasteiger partial charge in [0.1, 0.15) is 17.7 Å². The Morgan fingerprint density at radius 1 is 1.22 bits per heavy atom. The largest absolute Gasteiger partial charge is 0.458 e. The number of benzene rings is 1. The van der Waals surface area contributed by atoms with Crippen molar-refractivity contribution in [3.05, 3.63) is 35.9 Å². The van der Waals surface area contributed by atoms with Crippen molar-refractivity contribution in [2.45, 2.75) is 70.3 Å². The molecule has 3 heterocycles. The van der Waals surface area contributed by atoms with E-state index in [9.17, 15) is 9.59 Å². The van der Waals surface area contributed by atoms with Crippen LogP contribution in [0.15, 0.2) is 30.3 Å². The molecule has 146 valence electrons. The van der Waals surface area contributed by atoms with Crippen LogP contribution in [-0.2, 0) is 25.7 Å². The summed E-state index contributed by atoms with van der Waals surface area (Å²) in [6, 6.07) is 9.35. The van der Waals surface area contributed by atoms with Crippen LogP contribution in [0.25, 0.3) is 0 Å². The number of nitrogens with zero attached hydrogens (tertiary/aromatic N) is 2. The van der Waals surface area contributed by atoms with E-state index in [-0.39, 0.29) is 29.9 Å². The van der Waals surface area contributed by atoms with E-state index in [0.717, 1.165) is 18.4 Å². The van der Waals surface area contributed by atoms with Crippen molar-refractivity contribution >= 4 is 11.9 Å². The molecule has 0 bridgehead atoms. The van der Waals surface area contributed by atoms with Gasteiger partial charge in [0.25, 0.3) is 0 Å². The summed E-state index contributed by atoms with van der Waals surface area (Å²) in [4.78, 5) is 33.7. The number of esters is 1. The van der Waals surface area contributed by atoms with Gasteiger partial charge in [-0.2, -0.15) is 5.06 Å². The molecule has 3 fully saturated rings. The van der Waals surface area contributed by atoms with Crippen LogP contribution < -0.4 is 0 Å². The van der Waals surface area contributed by atoms with Crippen LogP contribution in [-0.4, -0.2) is 52.2 Å². The van der Waals surface area contributed by atoms with Gasteiger partial charge in [0.15, 0.2) is 0 Å². The van der Waals surface area contributed by atoms with Crippen molar-refractivity contribution < 1.29 is 19.2 Å². The molecule has 0 aliphatic carbocycles. The van der Waals surface area contributed by atoms with Gasteiger partial charge in [-0.05, 0) is 45.6 Å². The minimum absolute atomic E-state index is 0.0121. The molecule has 0 saturated carbocycles. The third kappa shape index (κ3) is 3.60. The molecule has 0 unspecified atom stereocenters. The number of ether oxygens (including phenoxy) is 1. The molecule has 27 heavy (non-hydrogen) atoms. The van der Waals surface area contributed by atoms with Gasteiger partial charge in [-0.15, -0.1) is 0 Å². The first kappa shape index (κ1) is 18.4. The van der Waals surface area contributed by atoms with Crippen LogP contribution in [0, 0.1) is 5.92 Å². The van der Waals surface area contributed by atoms with Crippen LogP contribution >= 0.6 is 0 Å². The highest BCUT2D eigenvalue weighted by Gasteiger charge is 2.54. The summed E-state index contributed by atoms with van der Waals surface area (Å²) in [5, 5.41) is 1.81. The fourth-order valence-electron chi connectivity index (χ4n) is 4.58. The summed E-state index contributed by atoms with van der Waals surface area (Å²) >= 11 is 0. The summed E-state index contributed by atoms with van der Waals surface area (Å²) in [6.45, 7) is 6.72. The maximum atomic E-state index is 13.4. The Bertz CT molecular complexity index is 715. The van der Waals surface area contributed by atoms with Gasteiger partial charge in [0.05, 0.1) is 6.61 Å². The second-order valence-electron chi connectivity index (χ2n) is 8.82. The lowest BCUT2D eigenvalue weighted by atomic mass is 9.87. The number of amides is 1. The first-order valence-corrected chi connectivity index (χ1v) is 9.82. The van der Waals surface area contributed by atoms with E-state index in [1.807, 2.05) is 56.2 Å². The van der Waals surface area contributed by atoms with Gasteiger partial charge in [-0.25, -0.2) is 4.79 Å². The molecule has 6 nitrogen and oxygen atoms in total. The molecule has 6 heteroatoms. The lowest BCUT2D eigenvalue weighted by Crippen LogP contribution is -2.58. The van der Waals surface area contributed by atoms with Gasteiger partial charge in [0.2, 0.25) is 5.91 Å². The first-order valence-electron chi connectivity index (χ1n) is 9.82. The third-order valence-corrected chi connectivity index (χ3v) is 5.66. The average molecular weight is 372 g/mol. The Hall–Kier alpha value is -1.92. The van der Waals surface area contributed by atoms with Crippen molar-refractivity contribution in [1.29, 1.82) is 0 Å². The molecule has 0 aromatic heterocycles. The monoisotopic (exact) mass is 372 g/mol. The fraction of sp³-hybridized carbons (Fsp3) is 0.619. The Morgan fingerprint density at radius 2 is 1.96 bits per heavy atom. The lowest BCUT2D eigenvalue weighted by Gasteiger charge is -2.40. The van der Waals surface area contributed by atoms with E-state index in [4.69, 9.17) is 9.57 Å². The second-order valence-corrected chi connectivity index (χ2v) is 8.82. The molecule has 0 spiro atoms. The highest BCUT2D eigenvalue weighted by Crippen LogP contribution is 2.41. The van der Waals surface area contributed by atoms with Crippen LogP contribution in [0.2, 0.25) is 0 Å². The van der Waals surface area contributed by atoms with Crippen LogP contribution in [0.4, 0.5) is 0 Å². The van der Waals surface area contributed by atoms with Crippen molar-refractivity contribution in [2.24, 2.45) is 5.92 Å². The van der Waals surface area contributed by atoms with Crippen LogP contribution in [0.5, 0.6) is 0 Å². The third-order valence-electron chi connectivity index (χ3n) is 5.66. The van der Waals surface area contributed by atoms with E-state index in [2.05, 4.69) is 0 Å². The van der Waals surface area contributed by atoms with Gasteiger partial charge >= 0.3 is 5.97 Å². The number of rotatable bonds is 3. The number of hydrogen-bond donors (Lipinski definition) is 0. The number of piperidine rings is 1. The highest BCUT2D eigenvalue weighted by molar-refractivity contribution is 5.89. The molecule has 4 rings (SSSR count). The summed E-state index contributed by atoms with van der Waals surface area (Å²) < 4.78 is 5.58. The molecule has 0 N–H and O–H groups in total. The normalized spacial score (nSPS) is 30.9. The van der Waals surface area contributed by atoms with E-state index in [0.29, 0.717) is 19.6 Å². The second kappa shape index (κ2) is 6.91. The number of carbonyl (C=O) groups is 2. The molecule has 1 aromatic carbocycles. The molecular formula is C21H28N2O4. The number of hydroxylamine groups is 2. The van der Waals surface area contributed by atoms with Gasteiger partial charge in [-0.1, -0.05) is 30.3 Å². The first-order chi connectivity index (χ1) is 12.8. The average Bonchev–Trinajstić information content (AvgIpc) is 3.19. The van der Waals surface area contributed by atoms with Crippen molar-refractivity contribution in [2.75, 3.05) is 6.61 Å². The standard InChI is InChI=1S/C21H28N2O4/c1-21(2,3)27-20(25)17-10-9-16-11-15-13-26-22(18(15)19(24)23(16)17)12-14-7-5-4-6-8-14/h4-8,15-18H,9-13H2,1-3H3/t15-,16-,17-,18+/m1/s1. The predicted octanol–water partition coefficient (Wildman–Crippen LogP) is 2.52. The van der Waals surface area contributed by atoms with Crippen LogP contribution in [0.1, 0.15) is 45.6 Å². The lowest BCUT2D eigenvalue weighted by molar-refractivity contribution is -0.176. The Labute approximate surface area is 160 Å². The Kier molecular flexibility index (Phi) is 4.72. The van der Waals surface area contributed by atoms with E-state index < -0.39 is 11.6 Å². The molecule has 3 aliphatic rings. The van der Waals surface area contributed by atoms with E-state index in [1.54, 1.807) is 4.90 Å². The zero-order valence-corrected chi connectivity index (χ0v) is 16.3. The highest BCUT2D eigenvalue weighted by atomic mass is 16.7. The zero-order chi connectivity index (χ0) is 19.2. The predicted molar refractivity (Wildman–Crippen MR) is 99.3 cm³/mol. The minimum Gasteiger partial charge on any atom is -0.458 e. The molecule has 3 aliphatic heterocycles. The minimum atomic E-state index is -0.549. The summed E-state index contributed by atoms with van der Waals surface area (Å²) in [5.41, 5.74) is 0.560. The maximum Gasteiger partial charge on any atom is 0.329 e. The topological polar surface area (TPSA) is 59.1 Å². The summed E-state index contributed by atoms with van der Waals surface area (Å²) in [5.74, 6) is -0.0804. The molecular weight excluding hydrogens is 344 g/mol.